The van der Waals surface area contributed by atoms with Gasteiger partial charge in [-0.15, -0.1) is 0 Å². The van der Waals surface area contributed by atoms with Gasteiger partial charge in [-0.25, -0.2) is 21.6 Å². The van der Waals surface area contributed by atoms with Crippen LogP contribution in [0.3, 0.4) is 0 Å². The maximum absolute atomic E-state index is 12.0. The highest BCUT2D eigenvalue weighted by atomic mass is 32.2. The highest BCUT2D eigenvalue weighted by Crippen LogP contribution is 2.34. The number of sulfonamides is 2. The Bertz CT molecular complexity index is 712. The molecule has 2 rings (SSSR count). The zero-order chi connectivity index (χ0) is 15.0. The second kappa shape index (κ2) is 5.23. The molecule has 0 saturated carbocycles. The first-order chi connectivity index (χ1) is 9.25. The van der Waals surface area contributed by atoms with E-state index < -0.39 is 20.0 Å². The van der Waals surface area contributed by atoms with Gasteiger partial charge in [0.2, 0.25) is 20.0 Å². The minimum absolute atomic E-state index is 0.0113. The van der Waals surface area contributed by atoms with Gasteiger partial charge in [0.15, 0.2) is 0 Å². The SMILES string of the molecule is CCNS(=O)(=O)c1ccc2c(c1)N(S(C)(=O)=O)CCO2. The van der Waals surface area contributed by atoms with Crippen LogP contribution in [0.5, 0.6) is 5.75 Å². The predicted molar refractivity (Wildman–Crippen MR) is 75.0 cm³/mol. The van der Waals surface area contributed by atoms with Crippen LogP contribution in [0, 0.1) is 0 Å². The smallest absolute Gasteiger partial charge is 0.240 e. The highest BCUT2D eigenvalue weighted by Gasteiger charge is 2.27. The zero-order valence-electron chi connectivity index (χ0n) is 11.2. The van der Waals surface area contributed by atoms with Gasteiger partial charge in [0.05, 0.1) is 23.4 Å². The van der Waals surface area contributed by atoms with Crippen LogP contribution >= 0.6 is 0 Å². The number of rotatable bonds is 4. The Morgan fingerprint density at radius 3 is 2.60 bits per heavy atom. The normalized spacial score (nSPS) is 15.6. The van der Waals surface area contributed by atoms with Gasteiger partial charge in [-0.2, -0.15) is 0 Å². The van der Waals surface area contributed by atoms with Crippen molar-refractivity contribution in [2.24, 2.45) is 0 Å². The Labute approximate surface area is 118 Å². The topological polar surface area (TPSA) is 92.8 Å². The second-order valence-electron chi connectivity index (χ2n) is 4.31. The summed E-state index contributed by atoms with van der Waals surface area (Å²) in [5.41, 5.74) is 0.248. The summed E-state index contributed by atoms with van der Waals surface area (Å²) in [5.74, 6) is 0.358. The van der Waals surface area contributed by atoms with E-state index >= 15 is 0 Å². The lowest BCUT2D eigenvalue weighted by atomic mass is 10.2. The molecule has 0 unspecified atom stereocenters. The molecule has 0 aromatic heterocycles. The molecule has 9 heteroatoms. The molecule has 1 aliphatic rings. The summed E-state index contributed by atoms with van der Waals surface area (Å²) in [6.45, 7) is 2.32. The second-order valence-corrected chi connectivity index (χ2v) is 7.99. The number of fused-ring (bicyclic) bond motifs is 1. The average molecular weight is 320 g/mol. The van der Waals surface area contributed by atoms with Crippen molar-refractivity contribution >= 4 is 25.7 Å². The number of nitrogens with one attached hydrogen (secondary N) is 1. The molecule has 1 N–H and O–H groups in total. The first kappa shape index (κ1) is 15.1. The molecular formula is C11H16N2O5S2. The van der Waals surface area contributed by atoms with E-state index in [2.05, 4.69) is 4.72 Å². The third-order valence-electron chi connectivity index (χ3n) is 2.80. The molecule has 0 spiro atoms. The summed E-state index contributed by atoms with van der Waals surface area (Å²) < 4.78 is 56.3. The van der Waals surface area contributed by atoms with Crippen molar-refractivity contribution in [3.8, 4) is 5.75 Å². The number of benzene rings is 1. The number of ether oxygens (including phenoxy) is 1. The molecule has 7 nitrogen and oxygen atoms in total. The zero-order valence-corrected chi connectivity index (χ0v) is 12.8. The van der Waals surface area contributed by atoms with E-state index in [9.17, 15) is 16.8 Å². The lowest BCUT2D eigenvalue weighted by molar-refractivity contribution is 0.315. The van der Waals surface area contributed by atoms with Crippen molar-refractivity contribution in [1.82, 2.24) is 4.72 Å². The van der Waals surface area contributed by atoms with Gasteiger partial charge in [-0.1, -0.05) is 6.92 Å². The Morgan fingerprint density at radius 1 is 1.30 bits per heavy atom. The predicted octanol–water partition coefficient (Wildman–Crippen LogP) is 0.143. The summed E-state index contributed by atoms with van der Waals surface area (Å²) in [7, 11) is -7.12. The minimum atomic E-state index is -3.64. The van der Waals surface area contributed by atoms with E-state index in [1.807, 2.05) is 0 Å². The molecule has 0 saturated heterocycles. The molecule has 0 fully saturated rings. The molecular weight excluding hydrogens is 304 g/mol. The fourth-order valence-electron chi connectivity index (χ4n) is 1.96. The van der Waals surface area contributed by atoms with Gasteiger partial charge in [0.1, 0.15) is 12.4 Å². The molecule has 0 radical (unpaired) electrons. The van der Waals surface area contributed by atoms with E-state index in [1.54, 1.807) is 6.92 Å². The maximum Gasteiger partial charge on any atom is 0.240 e. The van der Waals surface area contributed by atoms with E-state index in [0.29, 0.717) is 5.75 Å². The molecule has 0 bridgehead atoms. The van der Waals surface area contributed by atoms with Crippen LogP contribution in [0.4, 0.5) is 5.69 Å². The van der Waals surface area contributed by atoms with Gasteiger partial charge in [0.25, 0.3) is 0 Å². The standard InChI is InChI=1S/C11H16N2O5S2/c1-3-12-20(16,17)9-4-5-11-10(8-9)13(6-7-18-11)19(2,14)15/h4-5,8,12H,3,6-7H2,1-2H3. The van der Waals surface area contributed by atoms with Crippen LogP contribution < -0.4 is 13.8 Å². The molecule has 1 aromatic rings. The average Bonchev–Trinajstić information content (AvgIpc) is 2.36. The van der Waals surface area contributed by atoms with Crippen LogP contribution in [-0.4, -0.2) is 42.8 Å². The lowest BCUT2D eigenvalue weighted by Crippen LogP contribution is -2.37. The molecule has 20 heavy (non-hydrogen) atoms. The number of anilines is 1. The van der Waals surface area contributed by atoms with E-state index in [0.717, 1.165) is 10.6 Å². The largest absolute Gasteiger partial charge is 0.489 e. The molecule has 112 valence electrons. The maximum atomic E-state index is 12.0. The third-order valence-corrected chi connectivity index (χ3v) is 5.52. The number of hydrogen-bond donors (Lipinski definition) is 1. The number of nitrogens with zero attached hydrogens (tertiary/aromatic N) is 1. The van der Waals surface area contributed by atoms with Gasteiger partial charge in [-0.05, 0) is 18.2 Å². The van der Waals surface area contributed by atoms with Gasteiger partial charge < -0.3 is 4.74 Å². The molecule has 1 heterocycles. The van der Waals surface area contributed by atoms with Crippen LogP contribution in [0.2, 0.25) is 0 Å². The Balaban J connectivity index is 2.54. The minimum Gasteiger partial charge on any atom is -0.489 e. The Kier molecular flexibility index (Phi) is 3.94. The quantitative estimate of drug-likeness (QED) is 0.852. The van der Waals surface area contributed by atoms with Crippen molar-refractivity contribution < 1.29 is 21.6 Å². The van der Waals surface area contributed by atoms with Crippen LogP contribution in [-0.2, 0) is 20.0 Å². The molecule has 0 atom stereocenters. The van der Waals surface area contributed by atoms with Crippen molar-refractivity contribution in [3.05, 3.63) is 18.2 Å². The van der Waals surface area contributed by atoms with Crippen LogP contribution in [0.15, 0.2) is 23.1 Å². The van der Waals surface area contributed by atoms with E-state index in [1.165, 1.54) is 18.2 Å². The van der Waals surface area contributed by atoms with E-state index in [-0.39, 0.29) is 30.3 Å². The van der Waals surface area contributed by atoms with Crippen LogP contribution in [0.25, 0.3) is 0 Å². The van der Waals surface area contributed by atoms with Crippen molar-refractivity contribution in [2.45, 2.75) is 11.8 Å². The Hall–Kier alpha value is -1.32. The molecule has 1 aliphatic heterocycles. The first-order valence-corrected chi connectivity index (χ1v) is 9.33. The summed E-state index contributed by atoms with van der Waals surface area (Å²) in [6, 6.07) is 4.17. The fraction of sp³-hybridized carbons (Fsp3) is 0.455. The van der Waals surface area contributed by atoms with Crippen LogP contribution in [0.1, 0.15) is 6.92 Å². The van der Waals surface area contributed by atoms with Gasteiger partial charge in [-0.3, -0.25) is 4.31 Å². The molecule has 1 aromatic carbocycles. The lowest BCUT2D eigenvalue weighted by Gasteiger charge is -2.29. The fourth-order valence-corrected chi connectivity index (χ4v) is 3.92. The van der Waals surface area contributed by atoms with E-state index in [4.69, 9.17) is 4.74 Å². The highest BCUT2D eigenvalue weighted by molar-refractivity contribution is 7.92. The number of hydrogen-bond acceptors (Lipinski definition) is 5. The van der Waals surface area contributed by atoms with Crippen molar-refractivity contribution in [3.63, 3.8) is 0 Å². The summed E-state index contributed by atoms with van der Waals surface area (Å²) in [5, 5.41) is 0. The van der Waals surface area contributed by atoms with Crippen molar-refractivity contribution in [2.75, 3.05) is 30.3 Å². The van der Waals surface area contributed by atoms with Gasteiger partial charge >= 0.3 is 0 Å². The van der Waals surface area contributed by atoms with Crippen molar-refractivity contribution in [1.29, 1.82) is 0 Å². The summed E-state index contributed by atoms with van der Waals surface area (Å²) in [4.78, 5) is 0.0113. The molecule has 0 amide bonds. The van der Waals surface area contributed by atoms with Gasteiger partial charge in [0, 0.05) is 6.54 Å². The third kappa shape index (κ3) is 2.89. The first-order valence-electron chi connectivity index (χ1n) is 6.00. The summed E-state index contributed by atoms with van der Waals surface area (Å²) in [6.07, 6.45) is 1.08. The molecule has 0 aliphatic carbocycles. The Morgan fingerprint density at radius 2 is 2.00 bits per heavy atom. The monoisotopic (exact) mass is 320 g/mol. The summed E-state index contributed by atoms with van der Waals surface area (Å²) >= 11 is 0.